The van der Waals surface area contributed by atoms with E-state index in [1.165, 1.54) is 5.56 Å². The number of ether oxygens (including phenoxy) is 1. The van der Waals surface area contributed by atoms with E-state index in [4.69, 9.17) is 10.5 Å². The second kappa shape index (κ2) is 6.57. The number of carbonyl (C=O) groups excluding carboxylic acids is 1. The molecule has 0 spiro atoms. The highest BCUT2D eigenvalue weighted by Crippen LogP contribution is 2.27. The second-order valence-corrected chi connectivity index (χ2v) is 5.02. The number of fused-ring (bicyclic) bond motifs is 1. The summed E-state index contributed by atoms with van der Waals surface area (Å²) < 4.78 is 5.78. The van der Waals surface area contributed by atoms with E-state index in [9.17, 15) is 4.79 Å². The van der Waals surface area contributed by atoms with Gasteiger partial charge in [-0.15, -0.1) is 0 Å². The van der Waals surface area contributed by atoms with Gasteiger partial charge in [-0.1, -0.05) is 31.5 Å². The molecular weight excluding hydrogens is 240 g/mol. The maximum Gasteiger partial charge on any atom is 0.224 e. The van der Waals surface area contributed by atoms with E-state index >= 15 is 0 Å². The topological polar surface area (TPSA) is 64.4 Å². The Morgan fingerprint density at radius 1 is 1.53 bits per heavy atom. The number of rotatable bonds is 6. The van der Waals surface area contributed by atoms with Crippen molar-refractivity contribution in [2.75, 3.05) is 13.1 Å². The summed E-state index contributed by atoms with van der Waals surface area (Å²) in [6, 6.07) is 8.01. The molecule has 0 aromatic heterocycles. The van der Waals surface area contributed by atoms with Crippen LogP contribution in [0.5, 0.6) is 5.75 Å². The number of hydrogen-bond donors (Lipinski definition) is 2. The smallest absolute Gasteiger partial charge is 0.224 e. The van der Waals surface area contributed by atoms with Crippen LogP contribution in [0.2, 0.25) is 0 Å². The lowest BCUT2D eigenvalue weighted by molar-refractivity contribution is -0.125. The van der Waals surface area contributed by atoms with Crippen molar-refractivity contribution >= 4 is 5.91 Å². The lowest BCUT2D eigenvalue weighted by atomic mass is 10.0. The highest BCUT2D eigenvalue weighted by molar-refractivity contribution is 5.78. The van der Waals surface area contributed by atoms with E-state index < -0.39 is 0 Å². The third-order valence-electron chi connectivity index (χ3n) is 3.51. The van der Waals surface area contributed by atoms with E-state index in [2.05, 4.69) is 18.3 Å². The van der Waals surface area contributed by atoms with Crippen molar-refractivity contribution in [3.8, 4) is 5.75 Å². The Morgan fingerprint density at radius 3 is 3.00 bits per heavy atom. The Hall–Kier alpha value is -1.55. The van der Waals surface area contributed by atoms with Crippen molar-refractivity contribution in [2.24, 2.45) is 11.7 Å². The maximum absolute atomic E-state index is 11.9. The lowest BCUT2D eigenvalue weighted by Gasteiger charge is -2.16. The summed E-state index contributed by atoms with van der Waals surface area (Å²) >= 11 is 0. The van der Waals surface area contributed by atoms with Gasteiger partial charge in [0.05, 0.1) is 12.5 Å². The van der Waals surface area contributed by atoms with Crippen LogP contribution in [-0.4, -0.2) is 25.1 Å². The predicted octanol–water partition coefficient (Wildman–Crippen LogP) is 1.48. The molecule has 0 bridgehead atoms. The van der Waals surface area contributed by atoms with Crippen LogP contribution in [0.25, 0.3) is 0 Å². The zero-order chi connectivity index (χ0) is 13.7. The molecule has 2 rings (SSSR count). The average Bonchev–Trinajstić information content (AvgIpc) is 2.85. The number of benzene rings is 1. The first-order chi connectivity index (χ1) is 9.24. The summed E-state index contributed by atoms with van der Waals surface area (Å²) in [5.74, 6) is 0.906. The highest BCUT2D eigenvalue weighted by atomic mass is 16.5. The molecule has 1 heterocycles. The Balaban J connectivity index is 1.80. The van der Waals surface area contributed by atoms with Gasteiger partial charge in [-0.25, -0.2) is 0 Å². The molecule has 1 aliphatic heterocycles. The first-order valence-corrected chi connectivity index (χ1v) is 6.97. The monoisotopic (exact) mass is 262 g/mol. The van der Waals surface area contributed by atoms with E-state index in [-0.39, 0.29) is 17.9 Å². The second-order valence-electron chi connectivity index (χ2n) is 5.02. The molecule has 1 aromatic carbocycles. The van der Waals surface area contributed by atoms with Gasteiger partial charge < -0.3 is 15.8 Å². The maximum atomic E-state index is 11.9. The van der Waals surface area contributed by atoms with Crippen LogP contribution in [0.4, 0.5) is 0 Å². The molecule has 3 N–H and O–H groups in total. The molecule has 4 heteroatoms. The largest absolute Gasteiger partial charge is 0.488 e. The molecule has 4 nitrogen and oxygen atoms in total. The highest BCUT2D eigenvalue weighted by Gasteiger charge is 2.24. The Morgan fingerprint density at radius 2 is 2.32 bits per heavy atom. The standard InChI is InChI=1S/C15H22N2O2/c1-2-5-12(9-16)15(18)17-10-13-8-11-6-3-4-7-14(11)19-13/h3-4,6-7,12-13H,2,5,8-10,16H2,1H3,(H,17,18). The van der Waals surface area contributed by atoms with E-state index in [1.54, 1.807) is 0 Å². The zero-order valence-electron chi connectivity index (χ0n) is 11.4. The fraction of sp³-hybridized carbons (Fsp3) is 0.533. The van der Waals surface area contributed by atoms with Crippen molar-refractivity contribution in [1.29, 1.82) is 0 Å². The molecule has 0 aliphatic carbocycles. The predicted molar refractivity (Wildman–Crippen MR) is 75.0 cm³/mol. The third-order valence-corrected chi connectivity index (χ3v) is 3.51. The summed E-state index contributed by atoms with van der Waals surface area (Å²) in [6.07, 6.45) is 2.72. The molecule has 0 saturated carbocycles. The van der Waals surface area contributed by atoms with Gasteiger partial charge >= 0.3 is 0 Å². The van der Waals surface area contributed by atoms with Crippen molar-refractivity contribution in [3.63, 3.8) is 0 Å². The van der Waals surface area contributed by atoms with Gasteiger partial charge in [-0.05, 0) is 18.1 Å². The van der Waals surface area contributed by atoms with Gasteiger partial charge in [-0.2, -0.15) is 0 Å². The van der Waals surface area contributed by atoms with Gasteiger partial charge in [0.15, 0.2) is 0 Å². The quantitative estimate of drug-likeness (QED) is 0.816. The Bertz CT molecular complexity index is 409. The molecule has 2 unspecified atom stereocenters. The van der Waals surface area contributed by atoms with Crippen molar-refractivity contribution in [3.05, 3.63) is 29.8 Å². The van der Waals surface area contributed by atoms with Gasteiger partial charge in [0.2, 0.25) is 5.91 Å². The average molecular weight is 262 g/mol. The SMILES string of the molecule is CCCC(CN)C(=O)NCC1Cc2ccccc2O1. The lowest BCUT2D eigenvalue weighted by Crippen LogP contribution is -2.40. The summed E-state index contributed by atoms with van der Waals surface area (Å²) in [6.45, 7) is 3.02. The fourth-order valence-corrected chi connectivity index (χ4v) is 2.43. The minimum atomic E-state index is -0.0752. The van der Waals surface area contributed by atoms with Gasteiger partial charge in [0.1, 0.15) is 11.9 Å². The molecule has 2 atom stereocenters. The third kappa shape index (κ3) is 3.47. The number of amides is 1. The zero-order valence-corrected chi connectivity index (χ0v) is 11.4. The molecular formula is C15H22N2O2. The van der Waals surface area contributed by atoms with Crippen molar-refractivity contribution < 1.29 is 9.53 Å². The first-order valence-electron chi connectivity index (χ1n) is 6.97. The molecule has 0 saturated heterocycles. The van der Waals surface area contributed by atoms with Crippen molar-refractivity contribution in [1.82, 2.24) is 5.32 Å². The summed E-state index contributed by atoms with van der Waals surface area (Å²) in [5, 5.41) is 2.95. The number of para-hydroxylation sites is 1. The van der Waals surface area contributed by atoms with Crippen LogP contribution in [0.15, 0.2) is 24.3 Å². The van der Waals surface area contributed by atoms with Crippen LogP contribution >= 0.6 is 0 Å². The van der Waals surface area contributed by atoms with E-state index in [0.717, 1.165) is 25.0 Å². The minimum Gasteiger partial charge on any atom is -0.488 e. The summed E-state index contributed by atoms with van der Waals surface area (Å²) in [4.78, 5) is 11.9. The number of carbonyl (C=O) groups is 1. The van der Waals surface area contributed by atoms with Crippen LogP contribution in [-0.2, 0) is 11.2 Å². The summed E-state index contributed by atoms with van der Waals surface area (Å²) in [5.41, 5.74) is 6.83. The molecule has 19 heavy (non-hydrogen) atoms. The number of hydrogen-bond acceptors (Lipinski definition) is 3. The van der Waals surface area contributed by atoms with E-state index in [0.29, 0.717) is 13.1 Å². The molecule has 0 radical (unpaired) electrons. The van der Waals surface area contributed by atoms with Crippen LogP contribution in [0, 0.1) is 5.92 Å². The fourth-order valence-electron chi connectivity index (χ4n) is 2.43. The molecule has 0 fully saturated rings. The van der Waals surface area contributed by atoms with Crippen LogP contribution in [0.3, 0.4) is 0 Å². The van der Waals surface area contributed by atoms with Crippen LogP contribution in [0.1, 0.15) is 25.3 Å². The molecule has 1 amide bonds. The van der Waals surface area contributed by atoms with Gasteiger partial charge in [-0.3, -0.25) is 4.79 Å². The summed E-state index contributed by atoms with van der Waals surface area (Å²) in [7, 11) is 0. The number of nitrogens with two attached hydrogens (primary N) is 1. The van der Waals surface area contributed by atoms with Crippen molar-refractivity contribution in [2.45, 2.75) is 32.3 Å². The number of nitrogens with one attached hydrogen (secondary N) is 1. The normalized spacial score (nSPS) is 18.5. The van der Waals surface area contributed by atoms with E-state index in [1.807, 2.05) is 18.2 Å². The molecule has 1 aromatic rings. The minimum absolute atomic E-state index is 0.0430. The Kier molecular flexibility index (Phi) is 4.80. The molecule has 1 aliphatic rings. The van der Waals surface area contributed by atoms with Gasteiger partial charge in [0.25, 0.3) is 0 Å². The van der Waals surface area contributed by atoms with Crippen LogP contribution < -0.4 is 15.8 Å². The molecule has 104 valence electrons. The Labute approximate surface area is 114 Å². The van der Waals surface area contributed by atoms with Gasteiger partial charge in [0, 0.05) is 13.0 Å². The first kappa shape index (κ1) is 13.9.